The first-order chi connectivity index (χ1) is 9.10. The minimum absolute atomic E-state index is 0.0519. The predicted octanol–water partition coefficient (Wildman–Crippen LogP) is 1.30. The van der Waals surface area contributed by atoms with Crippen molar-refractivity contribution in [2.75, 3.05) is 7.11 Å². The number of methoxy groups -OCH3 is 1. The summed E-state index contributed by atoms with van der Waals surface area (Å²) < 4.78 is 9.92. The molecule has 0 radical (unpaired) electrons. The second-order valence-electron chi connectivity index (χ2n) is 4.27. The fourth-order valence-corrected chi connectivity index (χ4v) is 1.33. The molecule has 2 aromatic heterocycles. The highest BCUT2D eigenvalue weighted by Crippen LogP contribution is 2.15. The molecule has 0 aliphatic heterocycles. The molecule has 2 rings (SSSR count). The molecule has 19 heavy (non-hydrogen) atoms. The molecule has 0 saturated carbocycles. The lowest BCUT2D eigenvalue weighted by Crippen LogP contribution is -2.10. The minimum Gasteiger partial charge on any atom is -0.480 e. The summed E-state index contributed by atoms with van der Waals surface area (Å²) in [7, 11) is 1.51. The Morgan fingerprint density at radius 1 is 1.37 bits per heavy atom. The monoisotopic (exact) mass is 262 g/mol. The molecular weight excluding hydrogens is 248 g/mol. The highest BCUT2D eigenvalue weighted by molar-refractivity contribution is 5.81. The summed E-state index contributed by atoms with van der Waals surface area (Å²) in [6, 6.07) is 3.32. The van der Waals surface area contributed by atoms with Gasteiger partial charge in [-0.05, 0) is 6.07 Å². The van der Waals surface area contributed by atoms with Crippen molar-refractivity contribution in [1.29, 1.82) is 0 Å². The molecule has 0 aliphatic carbocycles. The smallest absolute Gasteiger partial charge is 0.234 e. The summed E-state index contributed by atoms with van der Waals surface area (Å²) >= 11 is 0. The van der Waals surface area contributed by atoms with Crippen molar-refractivity contribution < 1.29 is 14.1 Å². The largest absolute Gasteiger partial charge is 0.480 e. The van der Waals surface area contributed by atoms with Crippen LogP contribution in [0.3, 0.4) is 0 Å². The predicted molar refractivity (Wildman–Crippen MR) is 65.4 cm³/mol. The summed E-state index contributed by atoms with van der Waals surface area (Å²) in [5.41, 5.74) is 0.466. The molecule has 0 unspecified atom stereocenters. The average Bonchev–Trinajstić information content (AvgIpc) is 2.87. The van der Waals surface area contributed by atoms with Crippen molar-refractivity contribution in [3.05, 3.63) is 18.0 Å². The quantitative estimate of drug-likeness (QED) is 0.802. The van der Waals surface area contributed by atoms with Crippen LogP contribution in [-0.2, 0) is 11.2 Å². The van der Waals surface area contributed by atoms with Gasteiger partial charge in [0.05, 0.1) is 13.5 Å². The van der Waals surface area contributed by atoms with Crippen molar-refractivity contribution in [2.45, 2.75) is 20.3 Å². The second-order valence-corrected chi connectivity index (χ2v) is 4.27. The molecule has 0 spiro atoms. The third-order valence-electron chi connectivity index (χ3n) is 2.52. The molecule has 0 bridgehead atoms. The number of carbonyl (C=O) groups excluding carboxylic acids is 1. The summed E-state index contributed by atoms with van der Waals surface area (Å²) in [5.74, 6) is 0.989. The first-order valence-corrected chi connectivity index (χ1v) is 5.83. The second kappa shape index (κ2) is 5.55. The molecule has 0 aromatic carbocycles. The van der Waals surface area contributed by atoms with Crippen LogP contribution in [0.2, 0.25) is 0 Å². The molecular formula is C12H14N4O3. The van der Waals surface area contributed by atoms with Crippen molar-refractivity contribution in [3.8, 4) is 17.4 Å². The fourth-order valence-electron chi connectivity index (χ4n) is 1.33. The van der Waals surface area contributed by atoms with Gasteiger partial charge in [0, 0.05) is 12.0 Å². The zero-order chi connectivity index (χ0) is 13.8. The lowest BCUT2D eigenvalue weighted by atomic mass is 10.1. The van der Waals surface area contributed by atoms with Crippen molar-refractivity contribution in [3.63, 3.8) is 0 Å². The molecule has 0 aliphatic rings. The first kappa shape index (κ1) is 13.1. The lowest BCUT2D eigenvalue weighted by molar-refractivity contribution is -0.121. The Hall–Kier alpha value is -2.31. The van der Waals surface area contributed by atoms with E-state index in [2.05, 4.69) is 20.3 Å². The van der Waals surface area contributed by atoms with E-state index in [-0.39, 0.29) is 24.0 Å². The zero-order valence-corrected chi connectivity index (χ0v) is 11.0. The highest BCUT2D eigenvalue weighted by Gasteiger charge is 2.15. The third kappa shape index (κ3) is 3.12. The number of carbonyl (C=O) groups is 1. The molecule has 0 saturated heterocycles. The van der Waals surface area contributed by atoms with Crippen LogP contribution in [0.5, 0.6) is 5.88 Å². The number of nitrogens with zero attached hydrogens (tertiary/aromatic N) is 4. The van der Waals surface area contributed by atoms with Crippen LogP contribution in [0, 0.1) is 5.92 Å². The first-order valence-electron chi connectivity index (χ1n) is 5.83. The maximum atomic E-state index is 11.6. The Kier molecular flexibility index (Phi) is 3.84. The van der Waals surface area contributed by atoms with E-state index in [1.807, 2.05) is 13.8 Å². The van der Waals surface area contributed by atoms with Gasteiger partial charge in [0.25, 0.3) is 0 Å². The molecule has 7 nitrogen and oxygen atoms in total. The van der Waals surface area contributed by atoms with Gasteiger partial charge in [-0.1, -0.05) is 19.0 Å². The van der Waals surface area contributed by atoms with Gasteiger partial charge in [0.15, 0.2) is 0 Å². The van der Waals surface area contributed by atoms with Gasteiger partial charge < -0.3 is 9.26 Å². The minimum atomic E-state index is -0.0591. The van der Waals surface area contributed by atoms with E-state index >= 15 is 0 Å². The normalized spacial score (nSPS) is 10.7. The molecule has 2 heterocycles. The van der Waals surface area contributed by atoms with Gasteiger partial charge in [-0.3, -0.25) is 4.79 Å². The number of Topliss-reactive ketones (excluding diaryl/α,β-unsaturated/α-hetero) is 1. The summed E-state index contributed by atoms with van der Waals surface area (Å²) in [6.45, 7) is 3.66. The van der Waals surface area contributed by atoms with Gasteiger partial charge in [0.2, 0.25) is 17.6 Å². The van der Waals surface area contributed by atoms with Crippen LogP contribution in [-0.4, -0.2) is 33.2 Å². The van der Waals surface area contributed by atoms with E-state index in [1.54, 1.807) is 12.1 Å². The SMILES string of the molecule is COc1ccc(-c2noc(CC(=O)C(C)C)n2)nn1. The molecule has 0 fully saturated rings. The number of hydrogen-bond acceptors (Lipinski definition) is 7. The van der Waals surface area contributed by atoms with E-state index < -0.39 is 0 Å². The Balaban J connectivity index is 2.13. The van der Waals surface area contributed by atoms with Crippen molar-refractivity contribution in [1.82, 2.24) is 20.3 Å². The number of aromatic nitrogens is 4. The van der Waals surface area contributed by atoms with Gasteiger partial charge in [-0.15, -0.1) is 10.2 Å². The molecule has 0 amide bonds. The molecule has 2 aromatic rings. The number of hydrogen-bond donors (Lipinski definition) is 0. The molecule has 7 heteroatoms. The van der Waals surface area contributed by atoms with Crippen molar-refractivity contribution in [2.24, 2.45) is 5.92 Å². The average molecular weight is 262 g/mol. The van der Waals surface area contributed by atoms with Crippen LogP contribution < -0.4 is 4.74 Å². The number of rotatable bonds is 5. The third-order valence-corrected chi connectivity index (χ3v) is 2.52. The maximum absolute atomic E-state index is 11.6. The Morgan fingerprint density at radius 3 is 2.74 bits per heavy atom. The van der Waals surface area contributed by atoms with Gasteiger partial charge in [-0.25, -0.2) is 0 Å². The summed E-state index contributed by atoms with van der Waals surface area (Å²) in [4.78, 5) is 15.7. The van der Waals surface area contributed by atoms with Crippen LogP contribution in [0.1, 0.15) is 19.7 Å². The van der Waals surface area contributed by atoms with Crippen LogP contribution in [0.25, 0.3) is 11.5 Å². The number of ether oxygens (including phenoxy) is 1. The topological polar surface area (TPSA) is 91.0 Å². The number of ketones is 1. The van der Waals surface area contributed by atoms with Crippen LogP contribution in [0.15, 0.2) is 16.7 Å². The van der Waals surface area contributed by atoms with Crippen LogP contribution >= 0.6 is 0 Å². The van der Waals surface area contributed by atoms with E-state index in [1.165, 1.54) is 7.11 Å². The Bertz CT molecular complexity index is 563. The fraction of sp³-hybridized carbons (Fsp3) is 0.417. The molecule has 0 N–H and O–H groups in total. The lowest BCUT2D eigenvalue weighted by Gasteiger charge is -1.98. The Labute approximate surface area is 110 Å². The van der Waals surface area contributed by atoms with Gasteiger partial charge in [-0.2, -0.15) is 4.98 Å². The van der Waals surface area contributed by atoms with Crippen LogP contribution in [0.4, 0.5) is 0 Å². The zero-order valence-electron chi connectivity index (χ0n) is 11.0. The van der Waals surface area contributed by atoms with E-state index in [4.69, 9.17) is 9.26 Å². The van der Waals surface area contributed by atoms with Crippen molar-refractivity contribution >= 4 is 5.78 Å². The molecule has 0 atom stereocenters. The van der Waals surface area contributed by atoms with Gasteiger partial charge in [0.1, 0.15) is 11.5 Å². The highest BCUT2D eigenvalue weighted by atomic mass is 16.5. The van der Waals surface area contributed by atoms with E-state index in [0.29, 0.717) is 17.4 Å². The standard InChI is InChI=1S/C12H14N4O3/c1-7(2)9(17)6-11-13-12(16-19-11)8-4-5-10(18-3)15-14-8/h4-5,7H,6H2,1-3H3. The van der Waals surface area contributed by atoms with E-state index in [9.17, 15) is 4.79 Å². The maximum Gasteiger partial charge on any atom is 0.234 e. The van der Waals surface area contributed by atoms with E-state index in [0.717, 1.165) is 0 Å². The molecule has 100 valence electrons. The Morgan fingerprint density at radius 2 is 2.16 bits per heavy atom. The summed E-state index contributed by atoms with van der Waals surface area (Å²) in [6.07, 6.45) is 0.133. The summed E-state index contributed by atoms with van der Waals surface area (Å²) in [5, 5.41) is 11.5. The van der Waals surface area contributed by atoms with Gasteiger partial charge >= 0.3 is 0 Å².